The van der Waals surface area contributed by atoms with E-state index < -0.39 is 0 Å². The maximum Gasteiger partial charge on any atom is 0.164 e. The molecule has 0 bridgehead atoms. The second-order valence-electron chi connectivity index (χ2n) is 26.9. The molecule has 0 amide bonds. The molecule has 0 aliphatic rings. The normalized spacial score (nSPS) is 11.6. The third kappa shape index (κ3) is 11.4. The molecule has 21 rings (SSSR count). The Morgan fingerprint density at radius 1 is 0.151 bits per heavy atom. The SMILES string of the molecule is c1ccc(-c2ccc(-c3nc(-c4ccc(-c5cccc6oc7cc8ccccc8cc7c56)cc4)nc(-c4ccc5c(ccc6ccccc65)c4)n3)cc2)cc1.c1ccc(-c2ccc(-c3nc(-c4ccc(-c5cccc6oc7cc8ccccc8cc7c56)cc4)nc(-c4ccc5ccccc5c4)n3)cc2)cc1. The van der Waals surface area contributed by atoms with Crippen molar-refractivity contribution in [2.45, 2.75) is 0 Å². The highest BCUT2D eigenvalue weighted by Gasteiger charge is 2.20. The molecule has 8 heteroatoms. The highest BCUT2D eigenvalue weighted by Crippen LogP contribution is 2.42. The molecular weight excluding hydrogens is 1290 g/mol. The van der Waals surface area contributed by atoms with Gasteiger partial charge in [-0.3, -0.25) is 0 Å². The van der Waals surface area contributed by atoms with Gasteiger partial charge in [0, 0.05) is 54.9 Å². The Morgan fingerprint density at radius 3 is 0.887 bits per heavy atom. The topological polar surface area (TPSA) is 104 Å². The van der Waals surface area contributed by atoms with Gasteiger partial charge >= 0.3 is 0 Å². The second-order valence-corrected chi connectivity index (χ2v) is 26.9. The summed E-state index contributed by atoms with van der Waals surface area (Å²) in [4.78, 5) is 30.4. The molecule has 0 spiro atoms. The van der Waals surface area contributed by atoms with Gasteiger partial charge in [0.2, 0.25) is 0 Å². The molecule has 0 radical (unpaired) electrons. The van der Waals surface area contributed by atoms with Crippen molar-refractivity contribution in [2.24, 2.45) is 0 Å². The molecule has 4 heterocycles. The molecule has 21 aromatic rings. The third-order valence-corrected chi connectivity index (χ3v) is 20.4. The van der Waals surface area contributed by atoms with Crippen molar-refractivity contribution < 1.29 is 8.83 Å². The van der Waals surface area contributed by atoms with Gasteiger partial charge in [-0.25, -0.2) is 29.9 Å². The average Bonchev–Trinajstić information content (AvgIpc) is 1.57. The number of nitrogens with zero attached hydrogens (tertiary/aromatic N) is 6. The van der Waals surface area contributed by atoms with Crippen LogP contribution in [0.1, 0.15) is 0 Å². The molecule has 0 aliphatic heterocycles. The molecule has 0 unspecified atom stereocenters. The van der Waals surface area contributed by atoms with Crippen molar-refractivity contribution >= 4 is 97.7 Å². The first-order chi connectivity index (χ1) is 52.4. The summed E-state index contributed by atoms with van der Waals surface area (Å²) in [6.07, 6.45) is 0. The number of hydrogen-bond donors (Lipinski definition) is 0. The third-order valence-electron chi connectivity index (χ3n) is 20.4. The highest BCUT2D eigenvalue weighted by atomic mass is 16.3. The molecule has 0 atom stereocenters. The van der Waals surface area contributed by atoms with Crippen LogP contribution in [0.2, 0.25) is 0 Å². The quantitative estimate of drug-likeness (QED) is 0.125. The zero-order valence-electron chi connectivity index (χ0n) is 57.1. The van der Waals surface area contributed by atoms with Crippen molar-refractivity contribution in [1.29, 1.82) is 0 Å². The van der Waals surface area contributed by atoms with E-state index in [-0.39, 0.29) is 0 Å². The Morgan fingerprint density at radius 2 is 0.443 bits per heavy atom. The maximum absolute atomic E-state index is 6.38. The summed E-state index contributed by atoms with van der Waals surface area (Å²) in [5.41, 5.74) is 18.2. The number of benzene rings is 17. The summed E-state index contributed by atoms with van der Waals surface area (Å²) in [7, 11) is 0. The largest absolute Gasteiger partial charge is 0.456 e. The van der Waals surface area contributed by atoms with Gasteiger partial charge in [-0.15, -0.1) is 0 Å². The molecule has 0 fully saturated rings. The smallest absolute Gasteiger partial charge is 0.164 e. The fourth-order valence-electron chi connectivity index (χ4n) is 15.0. The minimum atomic E-state index is 0.621. The maximum atomic E-state index is 6.38. The highest BCUT2D eigenvalue weighted by molar-refractivity contribution is 6.17. The average molecular weight is 1350 g/mol. The van der Waals surface area contributed by atoms with E-state index >= 15 is 0 Å². The summed E-state index contributed by atoms with van der Waals surface area (Å²) in [6, 6.07) is 127. The lowest BCUT2D eigenvalue weighted by Crippen LogP contribution is -2.00. The van der Waals surface area contributed by atoms with E-state index in [1.807, 2.05) is 24.3 Å². The lowest BCUT2D eigenvalue weighted by atomic mass is 9.97. The summed E-state index contributed by atoms with van der Waals surface area (Å²) in [6.45, 7) is 0. The molecule has 0 saturated heterocycles. The van der Waals surface area contributed by atoms with Crippen LogP contribution in [0.25, 0.3) is 211 Å². The molecule has 0 aliphatic carbocycles. The molecule has 4 aromatic heterocycles. The van der Waals surface area contributed by atoms with Gasteiger partial charge in [0.05, 0.1) is 0 Å². The van der Waals surface area contributed by atoms with E-state index in [0.717, 1.165) is 121 Å². The van der Waals surface area contributed by atoms with E-state index in [9.17, 15) is 0 Å². The molecule has 494 valence electrons. The van der Waals surface area contributed by atoms with Crippen molar-refractivity contribution in [3.05, 3.63) is 364 Å². The van der Waals surface area contributed by atoms with E-state index in [4.69, 9.17) is 38.7 Å². The first-order valence-electron chi connectivity index (χ1n) is 35.6. The lowest BCUT2D eigenvalue weighted by molar-refractivity contribution is 0.669. The number of rotatable bonds is 10. The van der Waals surface area contributed by atoms with Crippen molar-refractivity contribution in [1.82, 2.24) is 29.9 Å². The van der Waals surface area contributed by atoms with Crippen molar-refractivity contribution in [3.63, 3.8) is 0 Å². The molecule has 106 heavy (non-hydrogen) atoms. The van der Waals surface area contributed by atoms with Gasteiger partial charge in [-0.2, -0.15) is 0 Å². The summed E-state index contributed by atoms with van der Waals surface area (Å²) in [5.74, 6) is 3.78. The van der Waals surface area contributed by atoms with Gasteiger partial charge in [0.15, 0.2) is 34.9 Å². The zero-order chi connectivity index (χ0) is 70.0. The van der Waals surface area contributed by atoms with Gasteiger partial charge in [0.25, 0.3) is 0 Å². The van der Waals surface area contributed by atoms with Gasteiger partial charge in [-0.1, -0.05) is 315 Å². The van der Waals surface area contributed by atoms with Gasteiger partial charge in [0.1, 0.15) is 22.3 Å². The van der Waals surface area contributed by atoms with Crippen LogP contribution >= 0.6 is 0 Å². The molecule has 17 aromatic carbocycles. The van der Waals surface area contributed by atoms with E-state index in [1.54, 1.807) is 0 Å². The minimum Gasteiger partial charge on any atom is -0.456 e. The van der Waals surface area contributed by atoms with Crippen LogP contribution in [0.15, 0.2) is 373 Å². The first kappa shape index (κ1) is 61.5. The van der Waals surface area contributed by atoms with E-state index in [0.29, 0.717) is 34.9 Å². The minimum absolute atomic E-state index is 0.621. The Balaban J connectivity index is 0.000000141. The fourth-order valence-corrected chi connectivity index (χ4v) is 15.0. The van der Waals surface area contributed by atoms with E-state index in [1.165, 1.54) is 54.2 Å². The van der Waals surface area contributed by atoms with Crippen LogP contribution in [0.5, 0.6) is 0 Å². The monoisotopic (exact) mass is 1350 g/mol. The van der Waals surface area contributed by atoms with Gasteiger partial charge in [-0.05, 0) is 147 Å². The number of fused-ring (bicyclic) bond motifs is 12. The number of aromatic nitrogens is 6. The standard InChI is InChI=1S/C51H31N3O.C47H29N3O/c1-2-9-32(10-3-1)33-17-22-36(23-18-33)49-52-50(54-51(53-49)41-27-28-43-40(29-41)26-21-34-11-6-7-14-42(34)43)37-24-19-35(20-25-37)44-15-8-16-46-48(44)45-30-38-12-4-5-13-39(38)31-47(45)55-46;1-2-9-30(10-3-1)32-17-22-34(23-18-32)45-48-46(50-47(49-45)39-26-19-31-11-4-5-12-36(31)27-39)35-24-20-33(21-25-35)40-15-8-16-42-44(40)41-28-37-13-6-7-14-38(37)29-43(41)51-42/h1-31H;1-29H. The molecule has 0 N–H and O–H groups in total. The van der Waals surface area contributed by atoms with Crippen LogP contribution < -0.4 is 0 Å². The summed E-state index contributed by atoms with van der Waals surface area (Å²) >= 11 is 0. The van der Waals surface area contributed by atoms with Crippen molar-refractivity contribution in [2.75, 3.05) is 0 Å². The number of hydrogen-bond acceptors (Lipinski definition) is 8. The lowest BCUT2D eigenvalue weighted by Gasteiger charge is -2.11. The fraction of sp³-hybridized carbons (Fsp3) is 0. The second kappa shape index (κ2) is 25.9. The zero-order valence-corrected chi connectivity index (χ0v) is 57.1. The van der Waals surface area contributed by atoms with Crippen LogP contribution in [0.3, 0.4) is 0 Å². The van der Waals surface area contributed by atoms with Crippen LogP contribution in [0.4, 0.5) is 0 Å². The Labute approximate surface area is 609 Å². The summed E-state index contributed by atoms with van der Waals surface area (Å²) in [5, 5.41) is 16.3. The van der Waals surface area contributed by atoms with Crippen LogP contribution in [-0.2, 0) is 0 Å². The predicted octanol–water partition coefficient (Wildman–Crippen LogP) is 26.0. The Bertz CT molecular complexity index is 6980. The van der Waals surface area contributed by atoms with Crippen LogP contribution in [-0.4, -0.2) is 29.9 Å². The predicted molar refractivity (Wildman–Crippen MR) is 436 cm³/mol. The Kier molecular flexibility index (Phi) is 15.0. The Hall–Kier alpha value is -14.3. The number of furan rings is 2. The van der Waals surface area contributed by atoms with Crippen molar-refractivity contribution in [3.8, 4) is 113 Å². The summed E-state index contributed by atoms with van der Waals surface area (Å²) < 4.78 is 12.7. The first-order valence-corrected chi connectivity index (χ1v) is 35.6. The molecule has 8 nitrogen and oxygen atoms in total. The molecular formula is C98H60N6O2. The van der Waals surface area contributed by atoms with E-state index in [2.05, 4.69) is 340 Å². The van der Waals surface area contributed by atoms with Crippen LogP contribution in [0, 0.1) is 0 Å². The van der Waals surface area contributed by atoms with Gasteiger partial charge < -0.3 is 8.83 Å². The molecule has 0 saturated carbocycles.